The first-order chi connectivity index (χ1) is 31.2. The summed E-state index contributed by atoms with van der Waals surface area (Å²) in [6, 6.07) is 5.97. The zero-order valence-electron chi connectivity index (χ0n) is 37.5. The molecule has 0 saturated carbocycles. The summed E-state index contributed by atoms with van der Waals surface area (Å²) in [5.41, 5.74) is 10.9. The number of aromatic nitrogens is 11. The van der Waals surface area contributed by atoms with Crippen LogP contribution >= 0.6 is 12.0 Å². The molecule has 4 N–H and O–H groups in total. The van der Waals surface area contributed by atoms with Gasteiger partial charge in [-0.3, -0.25) is 5.04 Å². The fourth-order valence-electron chi connectivity index (χ4n) is 5.64. The number of aromatic carboxylic acids is 1. The second kappa shape index (κ2) is 24.7. The number of carbonyl (C=O) groups excluding carboxylic acids is 1. The Morgan fingerprint density at radius 3 is 1.75 bits per heavy atom. The summed E-state index contributed by atoms with van der Waals surface area (Å²) in [6.07, 6.45) is 2.06. The van der Waals surface area contributed by atoms with Gasteiger partial charge in [0.05, 0.1) is 75.5 Å². The molecule has 7 rings (SSSR count). The van der Waals surface area contributed by atoms with Crippen LogP contribution in [-0.2, 0) is 29.6 Å². The number of azo groups is 2. The normalized spacial score (nSPS) is 11.1. The fraction of sp³-hybridized carbons (Fsp3) is 0.0625. The first kappa shape index (κ1) is 61.5. The van der Waals surface area contributed by atoms with Crippen LogP contribution in [0.3, 0.4) is 0 Å². The van der Waals surface area contributed by atoms with E-state index in [0.29, 0.717) is 6.07 Å². The number of carbonyl (C=O) groups is 1. The number of anilines is 2. The molecule has 0 amide bonds. The van der Waals surface area contributed by atoms with Gasteiger partial charge in [-0.15, -0.1) is 20.5 Å². The topological polar surface area (TPSA) is 459 Å². The van der Waals surface area contributed by atoms with Crippen LogP contribution in [0.15, 0.2) is 83.9 Å². The molecule has 336 valence electrons. The molecule has 0 fully saturated rings. The van der Waals surface area contributed by atoms with Crippen molar-refractivity contribution >= 4 is 78.6 Å². The maximum atomic E-state index is 12.9. The minimum absolute atomic E-state index is 0. The van der Waals surface area contributed by atoms with Crippen molar-refractivity contribution in [3.8, 4) is 35.4 Å². The maximum absolute atomic E-state index is 12.9. The molecular weight excluding hydrogens is 973 g/mol. The quantitative estimate of drug-likeness (QED) is 0.0194. The Balaban J connectivity index is 0.00000346. The zero-order valence-corrected chi connectivity index (χ0v) is 39.9. The number of carboxylic acids is 1. The number of aryl methyl sites for hydroxylation is 2. The van der Waals surface area contributed by atoms with E-state index in [1.165, 1.54) is 19.9 Å². The van der Waals surface area contributed by atoms with Gasteiger partial charge in [0.2, 0.25) is 0 Å². The largest absolute Gasteiger partial charge is 1.00 e. The van der Waals surface area contributed by atoms with Crippen molar-refractivity contribution in [1.82, 2.24) is 54.1 Å². The van der Waals surface area contributed by atoms with Crippen molar-refractivity contribution in [3.63, 3.8) is 0 Å². The van der Waals surface area contributed by atoms with Gasteiger partial charge >= 0.3 is 94.3 Å². The molecule has 71 heavy (non-hydrogen) atoms. The van der Waals surface area contributed by atoms with Crippen LogP contribution in [0.2, 0.25) is 0 Å². The Kier molecular flexibility index (Phi) is 21.4. The molecule has 0 unspecified atom stereocenters. The number of benzene rings is 2. The number of rotatable bonds is 14. The molecule has 0 aliphatic rings. The van der Waals surface area contributed by atoms with E-state index in [1.54, 1.807) is 6.07 Å². The Labute approximate surface area is 462 Å². The second-order valence-corrected chi connectivity index (χ2v) is 16.2. The van der Waals surface area contributed by atoms with Gasteiger partial charge in [-0.05, 0) is 50.2 Å². The molecule has 2 aromatic carbocycles. The van der Waals surface area contributed by atoms with Crippen LogP contribution in [0.5, 0.6) is 6.01 Å². The van der Waals surface area contributed by atoms with Gasteiger partial charge in [-0.25, -0.2) is 41.0 Å². The van der Waals surface area contributed by atoms with E-state index >= 15 is 0 Å². The van der Waals surface area contributed by atoms with Crippen molar-refractivity contribution < 1.29 is 150 Å². The standard InChI is InChI=1S/C32H23N19O12S3.5Li/c1-13-23(42-44-27-16(10-33)11-37-48(27)17-4-15(29(52)53)5-20(7-17)65(56,57)58)25(34)50(46-13)30-39-31(41-32(54)40-30)51-26(35)24(14(2)47-51)43-45-28-22(36-3)12-38-49(28)18-6-19(64-63-62-55)9-21(8-18)66(59,60)61;;;;;/h4-9,11-12,55H,34-35H2,1-2H3,(H,52,53)(H,56,57,58)(H,59,60,61)(H,39,40,41,54);;;;;/q;5*+1/p-5. The minimum Gasteiger partial charge on any atom is -0.844 e. The molecule has 5 heterocycles. The van der Waals surface area contributed by atoms with Crippen LogP contribution in [0, 0.1) is 31.8 Å². The Hall–Kier alpha value is -5.62. The van der Waals surface area contributed by atoms with Crippen LogP contribution in [-0.4, -0.2) is 86.0 Å². The summed E-state index contributed by atoms with van der Waals surface area (Å²) in [5, 5.41) is 80.6. The summed E-state index contributed by atoms with van der Waals surface area (Å²) in [7, 11) is -10.3. The van der Waals surface area contributed by atoms with E-state index in [4.69, 9.17) is 18.0 Å². The van der Waals surface area contributed by atoms with Crippen molar-refractivity contribution in [2.24, 2.45) is 20.5 Å². The number of hydrogen-bond donors (Lipinski definition) is 2. The monoisotopic (exact) mass is 991 g/mol. The molecule has 0 atom stereocenters. The molecule has 39 heteroatoms. The smallest absolute Gasteiger partial charge is 0.844 e. The summed E-state index contributed by atoms with van der Waals surface area (Å²) in [5.74, 6) is -4.12. The molecule has 0 aliphatic carbocycles. The first-order valence-electron chi connectivity index (χ1n) is 17.2. The Bertz CT molecular complexity index is 3540. The van der Waals surface area contributed by atoms with Gasteiger partial charge in [0, 0.05) is 10.5 Å². The van der Waals surface area contributed by atoms with Crippen molar-refractivity contribution in [3.05, 3.63) is 82.7 Å². The maximum Gasteiger partial charge on any atom is 1.00 e. The molecule has 31 nitrogen and oxygen atoms in total. The van der Waals surface area contributed by atoms with Crippen molar-refractivity contribution in [2.45, 2.75) is 28.5 Å². The summed E-state index contributed by atoms with van der Waals surface area (Å²) >= 11 is 0.269. The Morgan fingerprint density at radius 1 is 0.761 bits per heavy atom. The molecular formula is C32H18Li5N19O12S3. The molecule has 5 aromatic heterocycles. The van der Waals surface area contributed by atoms with Crippen molar-refractivity contribution in [1.29, 1.82) is 5.26 Å². The van der Waals surface area contributed by atoms with Crippen LogP contribution < -0.4 is 121 Å². The third kappa shape index (κ3) is 13.1. The molecule has 0 bridgehead atoms. The van der Waals surface area contributed by atoms with E-state index in [2.05, 4.69) is 70.0 Å². The molecule has 0 aliphatic heterocycles. The van der Waals surface area contributed by atoms with Gasteiger partial charge < -0.3 is 40.8 Å². The average Bonchev–Trinajstić information content (AvgIpc) is 4.02. The Morgan fingerprint density at radius 2 is 1.25 bits per heavy atom. The van der Waals surface area contributed by atoms with Gasteiger partial charge in [-0.1, -0.05) is 0 Å². The molecule has 0 spiro atoms. The van der Waals surface area contributed by atoms with Gasteiger partial charge in [0.15, 0.2) is 34.6 Å². The summed E-state index contributed by atoms with van der Waals surface area (Å²) in [6.45, 7) is 10.4. The zero-order chi connectivity index (χ0) is 47.8. The van der Waals surface area contributed by atoms with E-state index in [9.17, 15) is 51.5 Å². The van der Waals surface area contributed by atoms with Crippen molar-refractivity contribution in [2.75, 3.05) is 11.5 Å². The van der Waals surface area contributed by atoms with Crippen LogP contribution in [0.4, 0.5) is 40.3 Å². The number of nitrogen functional groups attached to an aromatic ring is 2. The number of nitrogens with two attached hydrogens (primary N) is 2. The number of nitrogens with zero attached hydrogens (tertiary/aromatic N) is 17. The number of hydrogen-bond acceptors (Lipinski definition) is 27. The van der Waals surface area contributed by atoms with Crippen LogP contribution in [0.25, 0.3) is 28.1 Å². The third-order valence-corrected chi connectivity index (χ3v) is 10.7. The predicted octanol–water partition coefficient (Wildman–Crippen LogP) is -14.9. The average molecular weight is 992 g/mol. The van der Waals surface area contributed by atoms with Crippen LogP contribution in [0.1, 0.15) is 27.3 Å². The minimum atomic E-state index is -5.19. The summed E-state index contributed by atoms with van der Waals surface area (Å²) in [4.78, 5) is 24.9. The van der Waals surface area contributed by atoms with E-state index in [-0.39, 0.29) is 180 Å². The van der Waals surface area contributed by atoms with E-state index < -0.39 is 59.5 Å². The summed E-state index contributed by atoms with van der Waals surface area (Å²) < 4.78 is 78.8. The van der Waals surface area contributed by atoms with Gasteiger partial charge in [0.25, 0.3) is 17.6 Å². The third-order valence-electron chi connectivity index (χ3n) is 8.51. The number of nitriles is 1. The van der Waals surface area contributed by atoms with Gasteiger partial charge in [0.1, 0.15) is 31.9 Å². The molecule has 0 radical (unpaired) electrons. The molecule has 7 aromatic rings. The number of carboxylic acid groups (broad SMARTS) is 1. The van der Waals surface area contributed by atoms with E-state index in [0.717, 1.165) is 55.4 Å². The predicted molar refractivity (Wildman–Crippen MR) is 207 cm³/mol. The van der Waals surface area contributed by atoms with Gasteiger partial charge in [-0.2, -0.15) is 44.3 Å². The fourth-order valence-corrected chi connectivity index (χ4v) is 7.24. The van der Waals surface area contributed by atoms with E-state index in [1.807, 2.05) is 0 Å². The SMILES string of the molecule is [C-]#[N+]c1cnn(-c2cc(SOO[O-])cc(S(=O)(=O)[O-])c2)c1N=Nc1c(C)nn(-c2nc([O-])nc(-n3nc(C)c(N=Nc4c(C#N)cnn4-c4cc(C(=O)[O-])cc(S(=O)(=O)[O-])c4)c3N)n2)c1N.[Li+].[Li+].[Li+].[Li+].[Li+]. The molecule has 0 saturated heterocycles. The first-order valence-corrected chi connectivity index (χ1v) is 20.8. The second-order valence-electron chi connectivity index (χ2n) is 12.7.